The summed E-state index contributed by atoms with van der Waals surface area (Å²) in [6.45, 7) is 3.73. The van der Waals surface area contributed by atoms with Crippen LogP contribution in [0.5, 0.6) is 0 Å². The zero-order chi connectivity index (χ0) is 18.0. The van der Waals surface area contributed by atoms with E-state index in [4.69, 9.17) is 0 Å². The summed E-state index contributed by atoms with van der Waals surface area (Å²) in [7, 11) is 3.90. The number of hydrogen-bond donors (Lipinski definition) is 0. The van der Waals surface area contributed by atoms with Crippen molar-refractivity contribution >= 4 is 32.6 Å². The van der Waals surface area contributed by atoms with Gasteiger partial charge in [0.25, 0.3) is 5.91 Å². The number of amides is 1. The predicted octanol–water partition coefficient (Wildman–Crippen LogP) is 2.86. The van der Waals surface area contributed by atoms with Crippen LogP contribution in [-0.2, 0) is 6.54 Å². The smallest absolute Gasteiger partial charge is 0.278 e. The molecule has 2 aromatic heterocycles. The fraction of sp³-hybridized carbons (Fsp3) is 0.353. The summed E-state index contributed by atoms with van der Waals surface area (Å²) in [5.41, 5.74) is 1.21. The minimum Gasteiger partial charge on any atom is -0.308 e. The SMILES string of the molecule is CCn1nccc1C(=O)N(CCN(C)C)c1nc2ccc(F)cc2s1. The van der Waals surface area contributed by atoms with Gasteiger partial charge in [0.1, 0.15) is 11.5 Å². The first-order valence-corrected chi connectivity index (χ1v) is 8.85. The number of anilines is 1. The molecule has 8 heteroatoms. The van der Waals surface area contributed by atoms with E-state index < -0.39 is 0 Å². The number of hydrogen-bond acceptors (Lipinski definition) is 5. The zero-order valence-corrected chi connectivity index (χ0v) is 15.3. The van der Waals surface area contributed by atoms with Crippen LogP contribution in [0.15, 0.2) is 30.5 Å². The Bertz CT molecular complexity index is 888. The van der Waals surface area contributed by atoms with Crippen molar-refractivity contribution in [2.24, 2.45) is 0 Å². The molecule has 0 fully saturated rings. The molecule has 132 valence electrons. The zero-order valence-electron chi connectivity index (χ0n) is 14.4. The van der Waals surface area contributed by atoms with Crippen molar-refractivity contribution in [1.82, 2.24) is 19.7 Å². The van der Waals surface area contributed by atoms with Crippen LogP contribution in [0.25, 0.3) is 10.2 Å². The van der Waals surface area contributed by atoms with Crippen molar-refractivity contribution in [2.45, 2.75) is 13.5 Å². The van der Waals surface area contributed by atoms with Crippen LogP contribution in [0.1, 0.15) is 17.4 Å². The van der Waals surface area contributed by atoms with Crippen LogP contribution in [0.4, 0.5) is 9.52 Å². The molecule has 0 radical (unpaired) electrons. The molecule has 1 aromatic carbocycles. The number of likely N-dealkylation sites (N-methyl/N-ethyl adjacent to an activating group) is 1. The standard InChI is InChI=1S/C17H20FN5OS/c1-4-23-14(7-8-19-23)16(24)22(10-9-21(2)3)17-20-13-6-5-12(18)11-15(13)25-17/h5-8,11H,4,9-10H2,1-3H3. The summed E-state index contributed by atoms with van der Waals surface area (Å²) >= 11 is 1.32. The molecule has 0 N–H and O–H groups in total. The van der Waals surface area contributed by atoms with E-state index >= 15 is 0 Å². The van der Waals surface area contributed by atoms with Gasteiger partial charge < -0.3 is 4.90 Å². The monoisotopic (exact) mass is 361 g/mol. The van der Waals surface area contributed by atoms with Gasteiger partial charge in [-0.25, -0.2) is 9.37 Å². The Kier molecular flexibility index (Phi) is 5.10. The Morgan fingerprint density at radius 3 is 2.80 bits per heavy atom. The van der Waals surface area contributed by atoms with Gasteiger partial charge in [-0.1, -0.05) is 11.3 Å². The fourth-order valence-corrected chi connectivity index (χ4v) is 3.51. The average Bonchev–Trinajstić information content (AvgIpc) is 3.20. The number of benzene rings is 1. The molecule has 3 rings (SSSR count). The van der Waals surface area contributed by atoms with E-state index in [9.17, 15) is 9.18 Å². The highest BCUT2D eigenvalue weighted by Gasteiger charge is 2.24. The van der Waals surface area contributed by atoms with Gasteiger partial charge in [-0.15, -0.1) is 0 Å². The van der Waals surface area contributed by atoms with Gasteiger partial charge in [-0.3, -0.25) is 14.4 Å². The third-order valence-corrected chi connectivity index (χ3v) is 4.86. The number of carbonyl (C=O) groups excluding carboxylic acids is 1. The minimum absolute atomic E-state index is 0.152. The van der Waals surface area contributed by atoms with Crippen LogP contribution < -0.4 is 4.90 Å². The molecule has 1 amide bonds. The van der Waals surface area contributed by atoms with Gasteiger partial charge >= 0.3 is 0 Å². The second-order valence-electron chi connectivity index (χ2n) is 5.90. The van der Waals surface area contributed by atoms with E-state index in [1.54, 1.807) is 27.9 Å². The van der Waals surface area contributed by atoms with Gasteiger partial charge in [-0.05, 0) is 45.3 Å². The highest BCUT2D eigenvalue weighted by Crippen LogP contribution is 2.30. The lowest BCUT2D eigenvalue weighted by atomic mass is 10.3. The Morgan fingerprint density at radius 2 is 2.08 bits per heavy atom. The summed E-state index contributed by atoms with van der Waals surface area (Å²) in [6.07, 6.45) is 1.62. The van der Waals surface area contributed by atoms with Gasteiger partial charge in [0.05, 0.1) is 10.2 Å². The average molecular weight is 361 g/mol. The topological polar surface area (TPSA) is 54.3 Å². The van der Waals surface area contributed by atoms with Gasteiger partial charge in [0.2, 0.25) is 0 Å². The lowest BCUT2D eigenvalue weighted by Gasteiger charge is -2.22. The fourth-order valence-electron chi connectivity index (χ4n) is 2.49. The number of nitrogens with zero attached hydrogens (tertiary/aromatic N) is 5. The molecule has 0 unspecified atom stereocenters. The van der Waals surface area contributed by atoms with Crippen molar-refractivity contribution < 1.29 is 9.18 Å². The highest BCUT2D eigenvalue weighted by atomic mass is 32.1. The molecule has 25 heavy (non-hydrogen) atoms. The van der Waals surface area contributed by atoms with Crippen molar-refractivity contribution in [3.05, 3.63) is 42.0 Å². The van der Waals surface area contributed by atoms with E-state index in [-0.39, 0.29) is 11.7 Å². The molecule has 6 nitrogen and oxygen atoms in total. The lowest BCUT2D eigenvalue weighted by Crippen LogP contribution is -2.37. The number of aromatic nitrogens is 3. The van der Waals surface area contributed by atoms with Gasteiger partial charge in [0.15, 0.2) is 5.13 Å². The number of carbonyl (C=O) groups is 1. The van der Waals surface area contributed by atoms with Gasteiger partial charge in [-0.2, -0.15) is 5.10 Å². The molecule has 3 aromatic rings. The maximum absolute atomic E-state index is 13.5. The number of thiazole rings is 1. The number of fused-ring (bicyclic) bond motifs is 1. The molecule has 2 heterocycles. The number of aryl methyl sites for hydroxylation is 1. The van der Waals surface area contributed by atoms with Crippen LogP contribution in [0, 0.1) is 5.82 Å². The molecule has 0 spiro atoms. The second kappa shape index (κ2) is 7.28. The van der Waals surface area contributed by atoms with Crippen LogP contribution in [0.3, 0.4) is 0 Å². The van der Waals surface area contributed by atoms with Crippen LogP contribution in [0.2, 0.25) is 0 Å². The second-order valence-corrected chi connectivity index (χ2v) is 6.91. The van der Waals surface area contributed by atoms with Crippen molar-refractivity contribution in [1.29, 1.82) is 0 Å². The first-order valence-electron chi connectivity index (χ1n) is 8.04. The molecule has 0 saturated heterocycles. The summed E-state index contributed by atoms with van der Waals surface area (Å²) in [4.78, 5) is 21.3. The molecule has 0 saturated carbocycles. The third-order valence-electron chi connectivity index (χ3n) is 3.82. The van der Waals surface area contributed by atoms with Gasteiger partial charge in [0, 0.05) is 25.8 Å². The number of rotatable bonds is 6. The summed E-state index contributed by atoms with van der Waals surface area (Å²) < 4.78 is 15.8. The van der Waals surface area contributed by atoms with E-state index in [1.807, 2.05) is 25.9 Å². The highest BCUT2D eigenvalue weighted by molar-refractivity contribution is 7.22. The van der Waals surface area contributed by atoms with Crippen molar-refractivity contribution in [3.8, 4) is 0 Å². The van der Waals surface area contributed by atoms with Crippen LogP contribution in [-0.4, -0.2) is 52.8 Å². The summed E-state index contributed by atoms with van der Waals surface area (Å²) in [5.74, 6) is -0.460. The molecular weight excluding hydrogens is 341 g/mol. The first-order chi connectivity index (χ1) is 12.0. The Hall–Kier alpha value is -2.32. The lowest BCUT2D eigenvalue weighted by molar-refractivity contribution is 0.0975. The molecule has 0 atom stereocenters. The first kappa shape index (κ1) is 17.5. The Morgan fingerprint density at radius 1 is 1.28 bits per heavy atom. The molecule has 0 aliphatic heterocycles. The van der Waals surface area contributed by atoms with E-state index in [2.05, 4.69) is 10.1 Å². The summed E-state index contributed by atoms with van der Waals surface area (Å²) in [5, 5.41) is 4.74. The molecule has 0 bridgehead atoms. The molecule has 0 aliphatic carbocycles. The van der Waals surface area contributed by atoms with Crippen LogP contribution >= 0.6 is 11.3 Å². The Labute approximate surface area is 149 Å². The van der Waals surface area contributed by atoms with E-state index in [0.29, 0.717) is 36.0 Å². The minimum atomic E-state index is -0.307. The van der Waals surface area contributed by atoms with E-state index in [1.165, 1.54) is 23.5 Å². The number of halogens is 1. The maximum atomic E-state index is 13.5. The third kappa shape index (κ3) is 3.69. The van der Waals surface area contributed by atoms with Crippen molar-refractivity contribution in [2.75, 3.05) is 32.1 Å². The summed E-state index contributed by atoms with van der Waals surface area (Å²) in [6, 6.07) is 6.17. The molecule has 0 aliphatic rings. The quantitative estimate of drug-likeness (QED) is 0.677. The Balaban J connectivity index is 1.99. The maximum Gasteiger partial charge on any atom is 0.278 e. The van der Waals surface area contributed by atoms with Crippen molar-refractivity contribution in [3.63, 3.8) is 0 Å². The normalized spacial score (nSPS) is 11.4. The predicted molar refractivity (Wildman–Crippen MR) is 97.7 cm³/mol. The molecular formula is C17H20FN5OS. The largest absolute Gasteiger partial charge is 0.308 e. The van der Waals surface area contributed by atoms with E-state index in [0.717, 1.165) is 4.70 Å².